The number of carbonyl (C=O) groups is 1. The molecule has 0 bridgehead atoms. The summed E-state index contributed by atoms with van der Waals surface area (Å²) in [5, 5.41) is 5.73. The van der Waals surface area contributed by atoms with Gasteiger partial charge in [-0.1, -0.05) is 23.8 Å². The molecule has 1 amide bonds. The van der Waals surface area contributed by atoms with Crippen LogP contribution in [-0.2, 0) is 4.79 Å². The van der Waals surface area contributed by atoms with Crippen LogP contribution in [0.4, 0.5) is 5.69 Å². The van der Waals surface area contributed by atoms with Gasteiger partial charge >= 0.3 is 0 Å². The number of amides is 1. The zero-order valence-electron chi connectivity index (χ0n) is 8.92. The lowest BCUT2D eigenvalue weighted by Gasteiger charge is -2.05. The van der Waals surface area contributed by atoms with E-state index in [1.54, 1.807) is 6.08 Å². The molecule has 0 aromatic heterocycles. The number of aryl methyl sites for hydroxylation is 1. The molecule has 1 aromatic rings. The number of rotatable bonds is 5. The van der Waals surface area contributed by atoms with E-state index in [0.717, 1.165) is 5.69 Å². The minimum absolute atomic E-state index is 0.0410. The first-order valence-corrected chi connectivity index (χ1v) is 4.90. The Balaban J connectivity index is 2.37. The maximum Gasteiger partial charge on any atom is 0.238 e. The molecule has 0 fully saturated rings. The van der Waals surface area contributed by atoms with E-state index in [2.05, 4.69) is 17.2 Å². The number of anilines is 1. The van der Waals surface area contributed by atoms with Gasteiger partial charge in [-0.3, -0.25) is 4.79 Å². The zero-order valence-corrected chi connectivity index (χ0v) is 8.92. The first-order valence-electron chi connectivity index (χ1n) is 4.90. The van der Waals surface area contributed by atoms with Gasteiger partial charge in [0.25, 0.3) is 0 Å². The third-order valence-corrected chi connectivity index (χ3v) is 1.91. The van der Waals surface area contributed by atoms with Crippen LogP contribution in [0.2, 0.25) is 0 Å². The van der Waals surface area contributed by atoms with Crippen LogP contribution < -0.4 is 10.6 Å². The van der Waals surface area contributed by atoms with Crippen molar-refractivity contribution in [2.24, 2.45) is 0 Å². The lowest BCUT2D eigenvalue weighted by molar-refractivity contribution is -0.115. The summed E-state index contributed by atoms with van der Waals surface area (Å²) in [6.45, 7) is 6.51. The van der Waals surface area contributed by atoms with Gasteiger partial charge in [-0.25, -0.2) is 0 Å². The zero-order chi connectivity index (χ0) is 11.1. The molecular weight excluding hydrogens is 188 g/mol. The van der Waals surface area contributed by atoms with Crippen molar-refractivity contribution in [2.45, 2.75) is 6.92 Å². The van der Waals surface area contributed by atoms with Gasteiger partial charge in [0.1, 0.15) is 0 Å². The van der Waals surface area contributed by atoms with Crippen LogP contribution in [0.3, 0.4) is 0 Å². The smallest absolute Gasteiger partial charge is 0.238 e. The molecule has 80 valence electrons. The van der Waals surface area contributed by atoms with Crippen LogP contribution in [0, 0.1) is 6.92 Å². The van der Waals surface area contributed by atoms with Crippen LogP contribution in [0.1, 0.15) is 5.56 Å². The molecule has 0 saturated heterocycles. The van der Waals surface area contributed by atoms with E-state index in [-0.39, 0.29) is 5.91 Å². The second-order valence-electron chi connectivity index (χ2n) is 3.33. The summed E-state index contributed by atoms with van der Waals surface area (Å²) < 4.78 is 0. The fourth-order valence-corrected chi connectivity index (χ4v) is 1.13. The Morgan fingerprint density at radius 1 is 1.40 bits per heavy atom. The quantitative estimate of drug-likeness (QED) is 0.566. The monoisotopic (exact) mass is 204 g/mol. The van der Waals surface area contributed by atoms with Crippen LogP contribution in [0.25, 0.3) is 0 Å². The van der Waals surface area contributed by atoms with E-state index in [4.69, 9.17) is 0 Å². The van der Waals surface area contributed by atoms with E-state index in [0.29, 0.717) is 13.1 Å². The van der Waals surface area contributed by atoms with Crippen molar-refractivity contribution in [1.82, 2.24) is 5.32 Å². The van der Waals surface area contributed by atoms with Crippen molar-refractivity contribution < 1.29 is 4.79 Å². The Bertz CT molecular complexity index is 330. The third-order valence-electron chi connectivity index (χ3n) is 1.91. The van der Waals surface area contributed by atoms with Crippen LogP contribution in [-0.4, -0.2) is 19.0 Å². The fourth-order valence-electron chi connectivity index (χ4n) is 1.13. The van der Waals surface area contributed by atoms with Crippen molar-refractivity contribution in [3.63, 3.8) is 0 Å². The van der Waals surface area contributed by atoms with E-state index in [1.807, 2.05) is 31.2 Å². The lowest BCUT2D eigenvalue weighted by atomic mass is 10.2. The molecule has 2 N–H and O–H groups in total. The van der Waals surface area contributed by atoms with E-state index in [9.17, 15) is 4.79 Å². The molecule has 0 aliphatic heterocycles. The van der Waals surface area contributed by atoms with Gasteiger partial charge in [0.15, 0.2) is 0 Å². The minimum atomic E-state index is -0.0410. The largest absolute Gasteiger partial charge is 0.325 e. The highest BCUT2D eigenvalue weighted by atomic mass is 16.1. The van der Waals surface area contributed by atoms with Crippen molar-refractivity contribution in [2.75, 3.05) is 18.4 Å². The van der Waals surface area contributed by atoms with Gasteiger partial charge in [-0.05, 0) is 19.1 Å². The third kappa shape index (κ3) is 4.42. The molecule has 1 rings (SSSR count). The van der Waals surface area contributed by atoms with Gasteiger partial charge < -0.3 is 10.6 Å². The molecule has 0 atom stereocenters. The standard InChI is InChI=1S/C12H16N2O/c1-3-8-13-9-12(15)14-11-6-4-10(2)5-7-11/h3-7,13H,1,8-9H2,2H3,(H,14,15). The summed E-state index contributed by atoms with van der Waals surface area (Å²) >= 11 is 0. The van der Waals surface area contributed by atoms with Gasteiger partial charge in [-0.15, -0.1) is 6.58 Å². The average molecular weight is 204 g/mol. The molecule has 15 heavy (non-hydrogen) atoms. The van der Waals surface area contributed by atoms with Crippen molar-refractivity contribution in [3.8, 4) is 0 Å². The maximum absolute atomic E-state index is 11.4. The normalized spacial score (nSPS) is 9.67. The number of benzene rings is 1. The molecule has 0 unspecified atom stereocenters. The highest BCUT2D eigenvalue weighted by Gasteiger charge is 1.99. The maximum atomic E-state index is 11.4. The van der Waals surface area contributed by atoms with Gasteiger partial charge in [0.05, 0.1) is 6.54 Å². The van der Waals surface area contributed by atoms with Gasteiger partial charge in [0.2, 0.25) is 5.91 Å². The number of hydrogen-bond donors (Lipinski definition) is 2. The second kappa shape index (κ2) is 5.98. The second-order valence-corrected chi connectivity index (χ2v) is 3.33. The van der Waals surface area contributed by atoms with Gasteiger partial charge in [0, 0.05) is 12.2 Å². The van der Waals surface area contributed by atoms with E-state index in [1.165, 1.54) is 5.56 Å². The average Bonchev–Trinajstić information content (AvgIpc) is 2.22. The summed E-state index contributed by atoms with van der Waals surface area (Å²) in [6.07, 6.45) is 1.72. The van der Waals surface area contributed by atoms with Crippen LogP contribution in [0.15, 0.2) is 36.9 Å². The van der Waals surface area contributed by atoms with Crippen LogP contribution in [0.5, 0.6) is 0 Å². The topological polar surface area (TPSA) is 41.1 Å². The predicted octanol–water partition coefficient (Wildman–Crippen LogP) is 1.71. The van der Waals surface area contributed by atoms with Crippen LogP contribution >= 0.6 is 0 Å². The Hall–Kier alpha value is -1.61. The summed E-state index contributed by atoms with van der Waals surface area (Å²) in [5.41, 5.74) is 2.00. The first-order chi connectivity index (χ1) is 7.22. The highest BCUT2D eigenvalue weighted by Crippen LogP contribution is 2.07. The first kappa shape index (κ1) is 11.5. The number of carbonyl (C=O) groups excluding carboxylic acids is 1. The Morgan fingerprint density at radius 3 is 2.67 bits per heavy atom. The van der Waals surface area contributed by atoms with Crippen molar-refractivity contribution >= 4 is 11.6 Å². The lowest BCUT2D eigenvalue weighted by Crippen LogP contribution is -2.28. The fraction of sp³-hybridized carbons (Fsp3) is 0.250. The summed E-state index contributed by atoms with van der Waals surface area (Å²) in [7, 11) is 0. The molecule has 0 spiro atoms. The van der Waals surface area contributed by atoms with E-state index >= 15 is 0 Å². The molecule has 0 saturated carbocycles. The highest BCUT2D eigenvalue weighted by molar-refractivity contribution is 5.92. The molecule has 0 aliphatic rings. The molecule has 0 aliphatic carbocycles. The predicted molar refractivity (Wildman–Crippen MR) is 62.9 cm³/mol. The molecule has 1 aromatic carbocycles. The molecular formula is C12H16N2O. The van der Waals surface area contributed by atoms with E-state index < -0.39 is 0 Å². The molecule has 3 heteroatoms. The molecule has 0 heterocycles. The Labute approximate surface area is 90.2 Å². The molecule has 0 radical (unpaired) electrons. The number of nitrogens with one attached hydrogen (secondary N) is 2. The SMILES string of the molecule is C=CCNCC(=O)Nc1ccc(C)cc1. The molecule has 3 nitrogen and oxygen atoms in total. The van der Waals surface area contributed by atoms with Crippen molar-refractivity contribution in [3.05, 3.63) is 42.5 Å². The summed E-state index contributed by atoms with van der Waals surface area (Å²) in [5.74, 6) is -0.0410. The minimum Gasteiger partial charge on any atom is -0.325 e. The van der Waals surface area contributed by atoms with Crippen molar-refractivity contribution in [1.29, 1.82) is 0 Å². The Kier molecular flexibility index (Phi) is 4.57. The number of hydrogen-bond acceptors (Lipinski definition) is 2. The Morgan fingerprint density at radius 2 is 2.07 bits per heavy atom. The van der Waals surface area contributed by atoms with Gasteiger partial charge in [-0.2, -0.15) is 0 Å². The summed E-state index contributed by atoms with van der Waals surface area (Å²) in [4.78, 5) is 11.4. The summed E-state index contributed by atoms with van der Waals surface area (Å²) in [6, 6.07) is 7.71.